The number of nitrogens with zero attached hydrogens (tertiary/aromatic N) is 2. The van der Waals surface area contributed by atoms with Crippen molar-refractivity contribution in [2.45, 2.75) is 64.5 Å². The Labute approximate surface area is 217 Å². The Bertz CT molecular complexity index is 1140. The zero-order chi connectivity index (χ0) is 27.1. The smallest absolute Gasteiger partial charge is 0.414 e. The Morgan fingerprint density at radius 2 is 1.95 bits per heavy atom. The molecule has 1 unspecified atom stereocenters. The molecule has 200 valence electrons. The molecule has 1 aromatic rings. The van der Waals surface area contributed by atoms with Gasteiger partial charge in [-0.15, -0.1) is 0 Å². The molecule has 4 rings (SSSR count). The van der Waals surface area contributed by atoms with Crippen molar-refractivity contribution in [3.63, 3.8) is 0 Å². The maximum absolute atomic E-state index is 15.1. The summed E-state index contributed by atoms with van der Waals surface area (Å²) in [6.45, 7) is 9.92. The summed E-state index contributed by atoms with van der Waals surface area (Å²) in [6.07, 6.45) is 1.34. The fourth-order valence-electron chi connectivity index (χ4n) is 5.86. The standard InChI is InChI=1S/C28H37FN4O4/c1-6-33(26(36)37-27(2,3)4)22-15-18(29)14-21-23(22)31-25(35)28(21,5)32-13-12-19(20(16-32)24(30)34)17-10-8-7-9-11-17/h7-11,15,19-21H,6,12-14,16H2,1-5H3,(H2,30,34)(H,31,35)/t19-,20-,21?,28+/m0/s1. The first-order valence-corrected chi connectivity index (χ1v) is 12.9. The van der Waals surface area contributed by atoms with Crippen LogP contribution in [0.1, 0.15) is 58.9 Å². The Kier molecular flexibility index (Phi) is 7.21. The highest BCUT2D eigenvalue weighted by Crippen LogP contribution is 2.47. The Balaban J connectivity index is 1.67. The Morgan fingerprint density at radius 3 is 2.54 bits per heavy atom. The van der Waals surface area contributed by atoms with E-state index >= 15 is 4.39 Å². The molecule has 2 heterocycles. The molecule has 0 aromatic heterocycles. The van der Waals surface area contributed by atoms with Crippen LogP contribution in [0, 0.1) is 11.8 Å². The zero-order valence-electron chi connectivity index (χ0n) is 22.2. The number of ether oxygens (including phenoxy) is 1. The number of amides is 3. The number of carbonyl (C=O) groups is 3. The van der Waals surface area contributed by atoms with E-state index < -0.39 is 40.8 Å². The van der Waals surface area contributed by atoms with E-state index in [0.717, 1.165) is 5.56 Å². The molecule has 0 bridgehead atoms. The number of likely N-dealkylation sites (tertiary alicyclic amines) is 1. The van der Waals surface area contributed by atoms with Gasteiger partial charge in [-0.05, 0) is 65.1 Å². The van der Waals surface area contributed by atoms with Gasteiger partial charge in [0.2, 0.25) is 11.8 Å². The van der Waals surface area contributed by atoms with Crippen molar-refractivity contribution in [3.05, 3.63) is 59.2 Å². The lowest BCUT2D eigenvalue weighted by Crippen LogP contribution is -2.60. The van der Waals surface area contributed by atoms with Gasteiger partial charge in [-0.25, -0.2) is 9.18 Å². The fraction of sp³-hybridized carbons (Fsp3) is 0.536. The third kappa shape index (κ3) is 5.01. The van der Waals surface area contributed by atoms with E-state index in [2.05, 4.69) is 5.32 Å². The lowest BCUT2D eigenvalue weighted by Gasteiger charge is -2.47. The summed E-state index contributed by atoms with van der Waals surface area (Å²) in [5, 5.41) is 2.96. The number of rotatable bonds is 5. The predicted octanol–water partition coefficient (Wildman–Crippen LogP) is 3.81. The lowest BCUT2D eigenvalue weighted by molar-refractivity contribution is -0.135. The molecule has 1 aromatic carbocycles. The van der Waals surface area contributed by atoms with Gasteiger partial charge in [-0.1, -0.05) is 30.3 Å². The van der Waals surface area contributed by atoms with Gasteiger partial charge in [-0.3, -0.25) is 19.4 Å². The molecular formula is C28H37FN4O4. The van der Waals surface area contributed by atoms with E-state index in [9.17, 15) is 14.4 Å². The summed E-state index contributed by atoms with van der Waals surface area (Å²) in [5.74, 6) is -2.23. The summed E-state index contributed by atoms with van der Waals surface area (Å²) in [5.41, 5.74) is 5.84. The minimum atomic E-state index is -1.12. The van der Waals surface area contributed by atoms with E-state index in [1.165, 1.54) is 11.0 Å². The molecule has 3 N–H and O–H groups in total. The number of halogens is 1. The maximum Gasteiger partial charge on any atom is 0.414 e. The van der Waals surface area contributed by atoms with Gasteiger partial charge in [0.1, 0.15) is 17.0 Å². The van der Waals surface area contributed by atoms with Gasteiger partial charge in [0.15, 0.2) is 0 Å². The van der Waals surface area contributed by atoms with Crippen LogP contribution in [0.25, 0.3) is 0 Å². The van der Waals surface area contributed by atoms with Gasteiger partial charge in [0, 0.05) is 31.1 Å². The van der Waals surface area contributed by atoms with E-state index in [1.807, 2.05) is 35.2 Å². The molecule has 2 fully saturated rings. The van der Waals surface area contributed by atoms with Gasteiger partial charge in [0.05, 0.1) is 11.6 Å². The van der Waals surface area contributed by atoms with Crippen molar-refractivity contribution in [2.75, 3.05) is 19.6 Å². The monoisotopic (exact) mass is 512 g/mol. The highest BCUT2D eigenvalue weighted by atomic mass is 19.1. The molecule has 2 saturated heterocycles. The average Bonchev–Trinajstić information content (AvgIpc) is 3.09. The quantitative estimate of drug-likeness (QED) is 0.624. The molecule has 2 aliphatic heterocycles. The van der Waals surface area contributed by atoms with Crippen LogP contribution in [0.3, 0.4) is 0 Å². The number of allylic oxidation sites excluding steroid dienone is 2. The number of nitrogens with two attached hydrogens (primary N) is 1. The number of piperidine rings is 1. The van der Waals surface area contributed by atoms with Crippen molar-refractivity contribution in [3.8, 4) is 0 Å². The Hall–Kier alpha value is -3.20. The van der Waals surface area contributed by atoms with E-state index in [-0.39, 0.29) is 31.3 Å². The average molecular weight is 513 g/mol. The number of primary amides is 1. The number of likely N-dealkylation sites (N-methyl/N-ethyl adjacent to an activating group) is 1. The number of nitrogens with one attached hydrogen (secondary N) is 1. The van der Waals surface area contributed by atoms with Crippen LogP contribution in [0.4, 0.5) is 9.18 Å². The normalized spacial score (nSPS) is 28.3. The van der Waals surface area contributed by atoms with Gasteiger partial charge in [-0.2, -0.15) is 0 Å². The predicted molar refractivity (Wildman–Crippen MR) is 138 cm³/mol. The van der Waals surface area contributed by atoms with Gasteiger partial charge in [0.25, 0.3) is 0 Å². The number of hydrogen-bond acceptors (Lipinski definition) is 5. The second-order valence-electron chi connectivity index (χ2n) is 11.2. The zero-order valence-corrected chi connectivity index (χ0v) is 22.2. The number of benzene rings is 1. The van der Waals surface area contributed by atoms with Crippen molar-refractivity contribution < 1.29 is 23.5 Å². The van der Waals surface area contributed by atoms with Gasteiger partial charge < -0.3 is 15.8 Å². The van der Waals surface area contributed by atoms with Crippen LogP contribution in [0.2, 0.25) is 0 Å². The molecule has 0 radical (unpaired) electrons. The molecule has 37 heavy (non-hydrogen) atoms. The molecule has 1 aliphatic carbocycles. The summed E-state index contributed by atoms with van der Waals surface area (Å²) in [6, 6.07) is 9.78. The molecule has 0 spiro atoms. The van der Waals surface area contributed by atoms with Crippen LogP contribution >= 0.6 is 0 Å². The van der Waals surface area contributed by atoms with E-state index in [4.69, 9.17) is 10.5 Å². The largest absolute Gasteiger partial charge is 0.443 e. The summed E-state index contributed by atoms with van der Waals surface area (Å²) < 4.78 is 20.7. The van der Waals surface area contributed by atoms with Crippen molar-refractivity contribution in [1.29, 1.82) is 0 Å². The summed E-state index contributed by atoms with van der Waals surface area (Å²) in [7, 11) is 0. The minimum absolute atomic E-state index is 0.0137. The van der Waals surface area contributed by atoms with Crippen LogP contribution in [-0.4, -0.2) is 58.5 Å². The second kappa shape index (κ2) is 9.93. The van der Waals surface area contributed by atoms with Crippen LogP contribution < -0.4 is 11.1 Å². The minimum Gasteiger partial charge on any atom is -0.443 e. The molecule has 4 atom stereocenters. The van der Waals surface area contributed by atoms with Crippen LogP contribution in [-0.2, 0) is 14.3 Å². The molecule has 0 saturated carbocycles. The highest BCUT2D eigenvalue weighted by molar-refractivity contribution is 5.93. The molecular weight excluding hydrogens is 475 g/mol. The second-order valence-corrected chi connectivity index (χ2v) is 11.2. The maximum atomic E-state index is 15.1. The highest BCUT2D eigenvalue weighted by Gasteiger charge is 2.57. The van der Waals surface area contributed by atoms with Crippen molar-refractivity contribution >= 4 is 17.9 Å². The summed E-state index contributed by atoms with van der Waals surface area (Å²) >= 11 is 0. The first-order valence-electron chi connectivity index (χ1n) is 12.9. The van der Waals surface area contributed by atoms with Crippen LogP contribution in [0.5, 0.6) is 0 Å². The number of hydrogen-bond donors (Lipinski definition) is 2. The Morgan fingerprint density at radius 1 is 1.27 bits per heavy atom. The topological polar surface area (TPSA) is 105 Å². The van der Waals surface area contributed by atoms with Crippen molar-refractivity contribution in [2.24, 2.45) is 17.6 Å². The number of fused-ring (bicyclic) bond motifs is 1. The van der Waals surface area contributed by atoms with E-state index in [0.29, 0.717) is 24.4 Å². The van der Waals surface area contributed by atoms with Crippen LogP contribution in [0.15, 0.2) is 53.6 Å². The van der Waals surface area contributed by atoms with Gasteiger partial charge >= 0.3 is 6.09 Å². The molecule has 3 aliphatic rings. The summed E-state index contributed by atoms with van der Waals surface area (Å²) in [4.78, 5) is 42.4. The molecule has 3 amide bonds. The third-order valence-corrected chi connectivity index (χ3v) is 7.79. The first-order chi connectivity index (χ1) is 17.4. The van der Waals surface area contributed by atoms with Crippen molar-refractivity contribution in [1.82, 2.24) is 15.1 Å². The molecule has 8 nitrogen and oxygen atoms in total. The third-order valence-electron chi connectivity index (χ3n) is 7.79. The SMILES string of the molecule is CCN(C(=O)OC(C)(C)C)C1=C2NC(=O)[C@](C)(N3CC[C@@H](c4ccccc4)[C@@H](C(N)=O)C3)C2CC(F)=C1. The fourth-order valence-corrected chi connectivity index (χ4v) is 5.86. The molecule has 9 heteroatoms. The van der Waals surface area contributed by atoms with E-state index in [1.54, 1.807) is 34.6 Å². The lowest BCUT2D eigenvalue weighted by atomic mass is 9.74. The first kappa shape index (κ1) is 26.9. The number of carbonyl (C=O) groups excluding carboxylic acids is 3.